The summed E-state index contributed by atoms with van der Waals surface area (Å²) in [7, 11) is 1.64. The second kappa shape index (κ2) is 8.74. The van der Waals surface area contributed by atoms with Crippen LogP contribution in [0.4, 0.5) is 5.95 Å². The molecule has 0 aliphatic carbocycles. The highest BCUT2D eigenvalue weighted by Gasteiger charge is 2.15. The van der Waals surface area contributed by atoms with E-state index in [1.807, 2.05) is 60.0 Å². The van der Waals surface area contributed by atoms with Crippen molar-refractivity contribution < 1.29 is 14.3 Å². The van der Waals surface area contributed by atoms with Gasteiger partial charge in [-0.05, 0) is 30.7 Å². The van der Waals surface area contributed by atoms with Crippen molar-refractivity contribution in [3.63, 3.8) is 0 Å². The van der Waals surface area contributed by atoms with E-state index in [2.05, 4.69) is 15.4 Å². The van der Waals surface area contributed by atoms with Crippen LogP contribution in [0.3, 0.4) is 0 Å². The van der Waals surface area contributed by atoms with Crippen molar-refractivity contribution in [1.29, 1.82) is 0 Å². The van der Waals surface area contributed by atoms with Crippen LogP contribution in [0.2, 0.25) is 0 Å². The third-order valence-corrected chi connectivity index (χ3v) is 5.09. The van der Waals surface area contributed by atoms with Crippen molar-refractivity contribution in [2.24, 2.45) is 0 Å². The topological polar surface area (TPSA) is 77.8 Å². The van der Waals surface area contributed by atoms with Gasteiger partial charge in [0.2, 0.25) is 16.8 Å². The van der Waals surface area contributed by atoms with E-state index >= 15 is 0 Å². The zero-order chi connectivity index (χ0) is 20.1. The molecule has 1 N–H and O–H groups in total. The third kappa shape index (κ3) is 4.38. The van der Waals surface area contributed by atoms with Crippen LogP contribution in [0.5, 0.6) is 11.5 Å². The van der Waals surface area contributed by atoms with E-state index in [1.54, 1.807) is 11.6 Å². The van der Waals surface area contributed by atoms with Gasteiger partial charge in [0, 0.05) is 17.4 Å². The highest BCUT2D eigenvalue weighted by molar-refractivity contribution is 7.15. The summed E-state index contributed by atoms with van der Waals surface area (Å²) in [6.45, 7) is 0.473. The molecule has 4 aromatic rings. The lowest BCUT2D eigenvalue weighted by Gasteiger charge is -2.06. The molecule has 2 aromatic heterocycles. The Kier molecular flexibility index (Phi) is 5.71. The summed E-state index contributed by atoms with van der Waals surface area (Å²) in [4.78, 5) is 17.3. The predicted molar refractivity (Wildman–Crippen MR) is 113 cm³/mol. The molecule has 0 spiro atoms. The van der Waals surface area contributed by atoms with Crippen LogP contribution in [0.15, 0.2) is 60.0 Å². The number of ether oxygens (including phenoxy) is 2. The molecule has 0 atom stereocenters. The molecule has 8 heteroatoms. The quantitative estimate of drug-likeness (QED) is 0.441. The maximum Gasteiger partial charge on any atom is 0.250 e. The maximum absolute atomic E-state index is 12.2. The molecule has 7 nitrogen and oxygen atoms in total. The maximum atomic E-state index is 12.2. The number of fused-ring (bicyclic) bond motifs is 1. The number of para-hydroxylation sites is 2. The average Bonchev–Trinajstić information content (AvgIpc) is 3.32. The van der Waals surface area contributed by atoms with Gasteiger partial charge in [0.05, 0.1) is 19.4 Å². The van der Waals surface area contributed by atoms with E-state index in [4.69, 9.17) is 9.47 Å². The van der Waals surface area contributed by atoms with E-state index in [9.17, 15) is 4.79 Å². The number of rotatable bonds is 8. The average molecular weight is 408 g/mol. The molecule has 0 bridgehead atoms. The number of carbonyl (C=O) groups is 1. The number of thiazole rings is 1. The van der Waals surface area contributed by atoms with Gasteiger partial charge in [-0.1, -0.05) is 30.3 Å². The summed E-state index contributed by atoms with van der Waals surface area (Å²) < 4.78 is 12.8. The van der Waals surface area contributed by atoms with Gasteiger partial charge in [-0.25, -0.2) is 4.52 Å². The van der Waals surface area contributed by atoms with E-state index < -0.39 is 0 Å². The molecule has 0 unspecified atom stereocenters. The molecule has 0 saturated carbocycles. The number of amides is 1. The summed E-state index contributed by atoms with van der Waals surface area (Å²) in [5.41, 5.74) is 1.79. The third-order valence-electron chi connectivity index (χ3n) is 4.28. The summed E-state index contributed by atoms with van der Waals surface area (Å²) in [6, 6.07) is 17.3. The molecular weight excluding hydrogens is 388 g/mol. The number of aromatic nitrogens is 3. The SMILES string of the molecule is COc1ccccc1-c1csc2nc(NC(=O)CCCOc3ccccc3)nn12. The van der Waals surface area contributed by atoms with Crippen molar-refractivity contribution in [2.75, 3.05) is 19.0 Å². The Hall–Kier alpha value is -3.39. The lowest BCUT2D eigenvalue weighted by Crippen LogP contribution is -2.14. The van der Waals surface area contributed by atoms with Gasteiger partial charge in [-0.15, -0.1) is 16.4 Å². The monoisotopic (exact) mass is 408 g/mol. The highest BCUT2D eigenvalue weighted by atomic mass is 32.1. The fourth-order valence-corrected chi connectivity index (χ4v) is 3.72. The molecule has 2 aromatic carbocycles. The van der Waals surface area contributed by atoms with Crippen molar-refractivity contribution in [3.8, 4) is 22.8 Å². The van der Waals surface area contributed by atoms with Gasteiger partial charge in [-0.2, -0.15) is 4.98 Å². The van der Waals surface area contributed by atoms with Crippen molar-refractivity contribution >= 4 is 28.2 Å². The van der Waals surface area contributed by atoms with E-state index in [-0.39, 0.29) is 5.91 Å². The number of nitrogens with zero attached hydrogens (tertiary/aromatic N) is 3. The Morgan fingerprint density at radius 3 is 2.76 bits per heavy atom. The Morgan fingerprint density at radius 1 is 1.14 bits per heavy atom. The summed E-state index contributed by atoms with van der Waals surface area (Å²) in [6.07, 6.45) is 0.939. The number of anilines is 1. The molecule has 148 valence electrons. The number of carbonyl (C=O) groups excluding carboxylic acids is 1. The van der Waals surface area contributed by atoms with Crippen molar-refractivity contribution in [3.05, 3.63) is 60.0 Å². The fraction of sp³-hybridized carbons (Fsp3) is 0.190. The van der Waals surface area contributed by atoms with E-state index in [0.717, 1.165) is 22.8 Å². The summed E-state index contributed by atoms with van der Waals surface area (Å²) >= 11 is 1.46. The Labute approximate surface area is 171 Å². The van der Waals surface area contributed by atoms with Crippen LogP contribution < -0.4 is 14.8 Å². The number of hydrogen-bond acceptors (Lipinski definition) is 6. The van der Waals surface area contributed by atoms with Crippen molar-refractivity contribution in [1.82, 2.24) is 14.6 Å². The first kappa shape index (κ1) is 18.9. The fourth-order valence-electron chi connectivity index (χ4n) is 2.90. The van der Waals surface area contributed by atoms with Crippen LogP contribution in [-0.4, -0.2) is 34.2 Å². The Bertz CT molecular complexity index is 1110. The predicted octanol–water partition coefficient (Wildman–Crippen LogP) is 4.26. The first-order valence-corrected chi connectivity index (χ1v) is 10.1. The van der Waals surface area contributed by atoms with Gasteiger partial charge < -0.3 is 9.47 Å². The molecule has 0 aliphatic heterocycles. The van der Waals surface area contributed by atoms with Gasteiger partial charge in [0.15, 0.2) is 0 Å². The van der Waals surface area contributed by atoms with Gasteiger partial charge in [0.25, 0.3) is 0 Å². The summed E-state index contributed by atoms with van der Waals surface area (Å²) in [5.74, 6) is 1.71. The number of hydrogen-bond donors (Lipinski definition) is 1. The first-order valence-electron chi connectivity index (χ1n) is 9.20. The normalized spacial score (nSPS) is 10.8. The molecule has 0 fully saturated rings. The minimum absolute atomic E-state index is 0.140. The summed E-state index contributed by atoms with van der Waals surface area (Å²) in [5, 5.41) is 9.17. The zero-order valence-corrected chi connectivity index (χ0v) is 16.7. The highest BCUT2D eigenvalue weighted by Crippen LogP contribution is 2.32. The molecule has 4 rings (SSSR count). The molecule has 0 aliphatic rings. The van der Waals surface area contributed by atoms with Crippen LogP contribution >= 0.6 is 11.3 Å². The molecule has 0 saturated heterocycles. The second-order valence-corrected chi connectivity index (χ2v) is 7.10. The number of benzene rings is 2. The molecule has 0 radical (unpaired) electrons. The van der Waals surface area contributed by atoms with Crippen LogP contribution in [0.25, 0.3) is 16.2 Å². The van der Waals surface area contributed by atoms with Crippen LogP contribution in [-0.2, 0) is 4.79 Å². The lowest BCUT2D eigenvalue weighted by atomic mass is 10.1. The number of nitrogens with one attached hydrogen (secondary N) is 1. The van der Waals surface area contributed by atoms with Gasteiger partial charge in [0.1, 0.15) is 11.5 Å². The van der Waals surface area contributed by atoms with Crippen LogP contribution in [0.1, 0.15) is 12.8 Å². The Balaban J connectivity index is 1.37. The zero-order valence-electron chi connectivity index (χ0n) is 15.9. The van der Waals surface area contributed by atoms with Gasteiger partial charge >= 0.3 is 0 Å². The Morgan fingerprint density at radius 2 is 1.93 bits per heavy atom. The molecular formula is C21H20N4O3S. The first-order chi connectivity index (χ1) is 14.2. The lowest BCUT2D eigenvalue weighted by molar-refractivity contribution is -0.116. The van der Waals surface area contributed by atoms with Crippen LogP contribution in [0, 0.1) is 0 Å². The molecule has 2 heterocycles. The second-order valence-electron chi connectivity index (χ2n) is 6.26. The van der Waals surface area contributed by atoms with E-state index in [0.29, 0.717) is 30.4 Å². The molecule has 29 heavy (non-hydrogen) atoms. The largest absolute Gasteiger partial charge is 0.496 e. The minimum atomic E-state index is -0.140. The minimum Gasteiger partial charge on any atom is -0.496 e. The standard InChI is InChI=1S/C21H20N4O3S/c1-27-18-11-6-5-10-16(18)17-14-29-21-23-20(24-25(17)21)22-19(26)12-7-13-28-15-8-3-2-4-9-15/h2-6,8-11,14H,7,12-13H2,1H3,(H,22,24,26). The number of methoxy groups -OCH3 is 1. The van der Waals surface area contributed by atoms with Gasteiger partial charge in [-0.3, -0.25) is 10.1 Å². The van der Waals surface area contributed by atoms with E-state index in [1.165, 1.54) is 11.3 Å². The molecule has 1 amide bonds. The van der Waals surface area contributed by atoms with Crippen molar-refractivity contribution in [2.45, 2.75) is 12.8 Å². The smallest absolute Gasteiger partial charge is 0.250 e.